The van der Waals surface area contributed by atoms with Crippen molar-refractivity contribution in [2.45, 2.75) is 38.5 Å². The molecule has 1 saturated heterocycles. The standard InChI is InChI=1S/C14H25NO3/c16-10-12-1-3-13(4-2-12)14(17)15-9-11-5-7-18-8-6-11/h11-13,16H,1-10H2,(H,15,17). The first-order valence-electron chi connectivity index (χ1n) is 7.26. The average Bonchev–Trinajstić information content (AvgIpc) is 2.46. The molecule has 2 N–H and O–H groups in total. The molecular weight excluding hydrogens is 230 g/mol. The van der Waals surface area contributed by atoms with E-state index in [4.69, 9.17) is 9.84 Å². The van der Waals surface area contributed by atoms with E-state index in [1.54, 1.807) is 0 Å². The Morgan fingerprint density at radius 1 is 1.06 bits per heavy atom. The molecule has 1 amide bonds. The summed E-state index contributed by atoms with van der Waals surface area (Å²) >= 11 is 0. The average molecular weight is 255 g/mol. The second-order valence-electron chi connectivity index (χ2n) is 5.70. The van der Waals surface area contributed by atoms with E-state index in [2.05, 4.69) is 5.32 Å². The fraction of sp³-hybridized carbons (Fsp3) is 0.929. The Morgan fingerprint density at radius 3 is 2.33 bits per heavy atom. The minimum atomic E-state index is 0.174. The molecule has 0 spiro atoms. The van der Waals surface area contributed by atoms with E-state index < -0.39 is 0 Å². The molecule has 0 aromatic rings. The van der Waals surface area contributed by atoms with Gasteiger partial charge in [0.05, 0.1) is 0 Å². The van der Waals surface area contributed by atoms with Gasteiger partial charge in [-0.2, -0.15) is 0 Å². The number of aliphatic hydroxyl groups excluding tert-OH is 1. The maximum Gasteiger partial charge on any atom is 0.223 e. The fourth-order valence-electron chi connectivity index (χ4n) is 2.95. The first kappa shape index (κ1) is 13.8. The third kappa shape index (κ3) is 3.95. The molecule has 18 heavy (non-hydrogen) atoms. The van der Waals surface area contributed by atoms with Crippen LogP contribution >= 0.6 is 0 Å². The van der Waals surface area contributed by atoms with Gasteiger partial charge in [-0.05, 0) is 50.4 Å². The van der Waals surface area contributed by atoms with Crippen molar-refractivity contribution >= 4 is 5.91 Å². The van der Waals surface area contributed by atoms with E-state index in [1.165, 1.54) is 0 Å². The third-order valence-electron chi connectivity index (χ3n) is 4.38. The second kappa shape index (κ2) is 7.10. The van der Waals surface area contributed by atoms with E-state index in [1.807, 2.05) is 0 Å². The molecule has 0 radical (unpaired) electrons. The predicted octanol–water partition coefficient (Wildman–Crippen LogP) is 1.33. The van der Waals surface area contributed by atoms with Crippen LogP contribution in [0.5, 0.6) is 0 Å². The van der Waals surface area contributed by atoms with E-state index in [0.717, 1.165) is 58.3 Å². The molecule has 4 nitrogen and oxygen atoms in total. The Hall–Kier alpha value is -0.610. The molecule has 2 fully saturated rings. The normalized spacial score (nSPS) is 30.1. The molecular formula is C14H25NO3. The molecule has 2 aliphatic rings. The van der Waals surface area contributed by atoms with Gasteiger partial charge in [-0.25, -0.2) is 0 Å². The molecule has 2 rings (SSSR count). The van der Waals surface area contributed by atoms with Crippen molar-refractivity contribution in [1.29, 1.82) is 0 Å². The van der Waals surface area contributed by atoms with Gasteiger partial charge in [0.1, 0.15) is 0 Å². The lowest BCUT2D eigenvalue weighted by Gasteiger charge is -2.28. The maximum atomic E-state index is 12.0. The van der Waals surface area contributed by atoms with Crippen LogP contribution in [-0.4, -0.2) is 37.4 Å². The summed E-state index contributed by atoms with van der Waals surface area (Å²) in [5, 5.41) is 12.2. The summed E-state index contributed by atoms with van der Waals surface area (Å²) in [5.74, 6) is 1.41. The van der Waals surface area contributed by atoms with Crippen molar-refractivity contribution in [3.05, 3.63) is 0 Å². The van der Waals surface area contributed by atoms with Crippen LogP contribution in [0.2, 0.25) is 0 Å². The van der Waals surface area contributed by atoms with Gasteiger partial charge in [-0.1, -0.05) is 0 Å². The number of hydrogen-bond acceptors (Lipinski definition) is 3. The van der Waals surface area contributed by atoms with Gasteiger partial charge in [-0.15, -0.1) is 0 Å². The summed E-state index contributed by atoms with van der Waals surface area (Å²) in [4.78, 5) is 12.0. The molecule has 0 unspecified atom stereocenters. The molecule has 4 heteroatoms. The number of carbonyl (C=O) groups excluding carboxylic acids is 1. The number of carbonyl (C=O) groups is 1. The van der Waals surface area contributed by atoms with E-state index in [0.29, 0.717) is 11.8 Å². The number of amides is 1. The Labute approximate surface area is 109 Å². The predicted molar refractivity (Wildman–Crippen MR) is 69.1 cm³/mol. The number of ether oxygens (including phenoxy) is 1. The van der Waals surface area contributed by atoms with E-state index >= 15 is 0 Å². The Bertz CT molecular complexity index is 256. The van der Waals surface area contributed by atoms with Crippen LogP contribution < -0.4 is 5.32 Å². The van der Waals surface area contributed by atoms with Gasteiger partial charge in [0.15, 0.2) is 0 Å². The largest absolute Gasteiger partial charge is 0.396 e. The smallest absolute Gasteiger partial charge is 0.223 e. The van der Waals surface area contributed by atoms with Crippen LogP contribution in [0.3, 0.4) is 0 Å². The van der Waals surface area contributed by atoms with Crippen LogP contribution in [-0.2, 0) is 9.53 Å². The highest BCUT2D eigenvalue weighted by atomic mass is 16.5. The lowest BCUT2D eigenvalue weighted by molar-refractivity contribution is -0.126. The summed E-state index contributed by atoms with van der Waals surface area (Å²) in [5.41, 5.74) is 0. The molecule has 1 saturated carbocycles. The summed E-state index contributed by atoms with van der Waals surface area (Å²) in [7, 11) is 0. The first-order chi connectivity index (χ1) is 8.79. The quantitative estimate of drug-likeness (QED) is 0.796. The van der Waals surface area contributed by atoms with Crippen molar-refractivity contribution < 1.29 is 14.6 Å². The minimum absolute atomic E-state index is 0.174. The molecule has 0 bridgehead atoms. The number of rotatable bonds is 4. The Balaban J connectivity index is 1.65. The van der Waals surface area contributed by atoms with Crippen molar-refractivity contribution in [2.75, 3.05) is 26.4 Å². The fourth-order valence-corrected chi connectivity index (χ4v) is 2.95. The van der Waals surface area contributed by atoms with Crippen molar-refractivity contribution in [1.82, 2.24) is 5.32 Å². The summed E-state index contributed by atoms with van der Waals surface area (Å²) < 4.78 is 5.31. The Morgan fingerprint density at radius 2 is 1.72 bits per heavy atom. The Kier molecular flexibility index (Phi) is 5.45. The van der Waals surface area contributed by atoms with Gasteiger partial charge >= 0.3 is 0 Å². The molecule has 1 heterocycles. The lowest BCUT2D eigenvalue weighted by atomic mass is 9.82. The first-order valence-corrected chi connectivity index (χ1v) is 7.26. The van der Waals surface area contributed by atoms with E-state index in [9.17, 15) is 4.79 Å². The van der Waals surface area contributed by atoms with Gasteiger partial charge in [0.25, 0.3) is 0 Å². The summed E-state index contributed by atoms with van der Waals surface area (Å²) in [6, 6.07) is 0. The molecule has 1 aliphatic carbocycles. The number of hydrogen-bond donors (Lipinski definition) is 2. The number of nitrogens with one attached hydrogen (secondary N) is 1. The molecule has 0 atom stereocenters. The zero-order chi connectivity index (χ0) is 12.8. The number of aliphatic hydroxyl groups is 1. The van der Waals surface area contributed by atoms with Crippen molar-refractivity contribution in [3.63, 3.8) is 0 Å². The highest BCUT2D eigenvalue weighted by Gasteiger charge is 2.26. The van der Waals surface area contributed by atoms with Crippen LogP contribution in [0.1, 0.15) is 38.5 Å². The van der Waals surface area contributed by atoms with Crippen LogP contribution in [0.25, 0.3) is 0 Å². The summed E-state index contributed by atoms with van der Waals surface area (Å²) in [6.07, 6.45) is 5.99. The van der Waals surface area contributed by atoms with Gasteiger partial charge in [0, 0.05) is 32.3 Å². The van der Waals surface area contributed by atoms with Crippen molar-refractivity contribution in [3.8, 4) is 0 Å². The van der Waals surface area contributed by atoms with Gasteiger partial charge in [-0.3, -0.25) is 4.79 Å². The molecule has 1 aliphatic heterocycles. The van der Waals surface area contributed by atoms with E-state index in [-0.39, 0.29) is 18.4 Å². The van der Waals surface area contributed by atoms with Crippen LogP contribution in [0, 0.1) is 17.8 Å². The SMILES string of the molecule is O=C(NCC1CCOCC1)C1CCC(CO)CC1. The lowest BCUT2D eigenvalue weighted by Crippen LogP contribution is -2.37. The maximum absolute atomic E-state index is 12.0. The summed E-state index contributed by atoms with van der Waals surface area (Å²) in [6.45, 7) is 2.75. The monoisotopic (exact) mass is 255 g/mol. The molecule has 104 valence electrons. The van der Waals surface area contributed by atoms with Gasteiger partial charge in [0.2, 0.25) is 5.91 Å². The topological polar surface area (TPSA) is 58.6 Å². The van der Waals surface area contributed by atoms with Gasteiger partial charge < -0.3 is 15.2 Å². The third-order valence-corrected chi connectivity index (χ3v) is 4.38. The highest BCUT2D eigenvalue weighted by Crippen LogP contribution is 2.28. The van der Waals surface area contributed by atoms with Crippen molar-refractivity contribution in [2.24, 2.45) is 17.8 Å². The van der Waals surface area contributed by atoms with Crippen LogP contribution in [0.4, 0.5) is 0 Å². The second-order valence-corrected chi connectivity index (χ2v) is 5.70. The minimum Gasteiger partial charge on any atom is -0.396 e. The van der Waals surface area contributed by atoms with Crippen LogP contribution in [0.15, 0.2) is 0 Å². The molecule has 0 aromatic heterocycles. The highest BCUT2D eigenvalue weighted by molar-refractivity contribution is 5.78. The molecule has 0 aromatic carbocycles. The zero-order valence-electron chi connectivity index (χ0n) is 11.1. The zero-order valence-corrected chi connectivity index (χ0v) is 11.1.